The number of ether oxygens (including phenoxy) is 1. The standard InChI is InChI=1S/C23H33N3O2/c1-15(27)28-17-8-10-22(2)16(14-17)4-5-18-19-6-7-21(26-13-12-24-25-26)23(19,3)11-9-20(18)22/h4,7,12-13,17-20,24-25H,5-6,8-11,14H2,1-3H3/t17-,18?,19?,20?,22-,23-/m0/s1. The van der Waals surface area contributed by atoms with Crippen molar-refractivity contribution in [1.82, 2.24) is 16.0 Å². The van der Waals surface area contributed by atoms with Gasteiger partial charge in [0.1, 0.15) is 6.10 Å². The monoisotopic (exact) mass is 383 g/mol. The highest BCUT2D eigenvalue weighted by atomic mass is 16.5. The van der Waals surface area contributed by atoms with Crippen LogP contribution in [0.1, 0.15) is 65.7 Å². The van der Waals surface area contributed by atoms with Crippen molar-refractivity contribution in [3.8, 4) is 0 Å². The largest absolute Gasteiger partial charge is 0.462 e. The molecule has 5 rings (SSSR count). The van der Waals surface area contributed by atoms with E-state index in [4.69, 9.17) is 4.74 Å². The van der Waals surface area contributed by atoms with E-state index in [9.17, 15) is 4.79 Å². The van der Waals surface area contributed by atoms with Crippen LogP contribution in [0.15, 0.2) is 35.8 Å². The first-order valence-electron chi connectivity index (χ1n) is 11.0. The fourth-order valence-corrected chi connectivity index (χ4v) is 7.28. The second kappa shape index (κ2) is 6.38. The molecule has 6 atom stereocenters. The van der Waals surface area contributed by atoms with Gasteiger partial charge in [-0.3, -0.25) is 9.80 Å². The van der Waals surface area contributed by atoms with Crippen LogP contribution in [-0.4, -0.2) is 17.1 Å². The van der Waals surface area contributed by atoms with Crippen molar-refractivity contribution < 1.29 is 9.53 Å². The predicted octanol–water partition coefficient (Wildman–Crippen LogP) is 4.17. The summed E-state index contributed by atoms with van der Waals surface area (Å²) in [7, 11) is 0. The molecule has 0 bridgehead atoms. The van der Waals surface area contributed by atoms with Gasteiger partial charge in [-0.25, -0.2) is 0 Å². The molecule has 1 heterocycles. The lowest BCUT2D eigenvalue weighted by molar-refractivity contribution is -0.148. The zero-order chi connectivity index (χ0) is 19.5. The molecule has 0 aromatic rings. The molecule has 0 radical (unpaired) electrons. The normalized spacial score (nSPS) is 44.0. The first-order valence-corrected chi connectivity index (χ1v) is 11.0. The Kier molecular flexibility index (Phi) is 4.17. The number of nitrogens with zero attached hydrogens (tertiary/aromatic N) is 1. The summed E-state index contributed by atoms with van der Waals surface area (Å²) in [5.41, 5.74) is 9.89. The van der Waals surface area contributed by atoms with E-state index in [2.05, 4.69) is 48.2 Å². The van der Waals surface area contributed by atoms with E-state index in [-0.39, 0.29) is 22.9 Å². The van der Waals surface area contributed by atoms with E-state index in [1.54, 1.807) is 5.57 Å². The molecule has 0 aromatic heterocycles. The zero-order valence-electron chi connectivity index (χ0n) is 17.3. The van der Waals surface area contributed by atoms with Crippen molar-refractivity contribution in [3.63, 3.8) is 0 Å². The maximum absolute atomic E-state index is 11.4. The van der Waals surface area contributed by atoms with Crippen LogP contribution in [0.2, 0.25) is 0 Å². The van der Waals surface area contributed by atoms with Gasteiger partial charge in [0.25, 0.3) is 0 Å². The molecule has 2 fully saturated rings. The van der Waals surface area contributed by atoms with Crippen LogP contribution in [0.25, 0.3) is 0 Å². The predicted molar refractivity (Wildman–Crippen MR) is 108 cm³/mol. The van der Waals surface area contributed by atoms with Gasteiger partial charge in [-0.15, -0.1) is 5.53 Å². The maximum atomic E-state index is 11.4. The molecule has 0 saturated heterocycles. The van der Waals surface area contributed by atoms with Gasteiger partial charge in [-0.1, -0.05) is 31.6 Å². The molecule has 0 aromatic carbocycles. The molecule has 5 nitrogen and oxygen atoms in total. The molecule has 0 spiro atoms. The summed E-state index contributed by atoms with van der Waals surface area (Å²) in [6.07, 6.45) is 17.2. The van der Waals surface area contributed by atoms with Gasteiger partial charge < -0.3 is 10.2 Å². The van der Waals surface area contributed by atoms with Gasteiger partial charge in [-0.2, -0.15) is 0 Å². The third-order valence-corrected chi connectivity index (χ3v) is 8.68. The Morgan fingerprint density at radius 1 is 1.14 bits per heavy atom. The molecule has 0 amide bonds. The Morgan fingerprint density at radius 2 is 1.96 bits per heavy atom. The second-order valence-electron chi connectivity index (χ2n) is 9.96. The summed E-state index contributed by atoms with van der Waals surface area (Å²) in [5, 5.41) is 2.18. The lowest BCUT2D eigenvalue weighted by atomic mass is 9.47. The minimum atomic E-state index is -0.139. The topological polar surface area (TPSA) is 53.6 Å². The average Bonchev–Trinajstić information content (AvgIpc) is 3.28. The van der Waals surface area contributed by atoms with Crippen LogP contribution in [0.5, 0.6) is 0 Å². The van der Waals surface area contributed by atoms with Crippen LogP contribution < -0.4 is 11.0 Å². The smallest absolute Gasteiger partial charge is 0.302 e. The lowest BCUT2D eigenvalue weighted by Crippen LogP contribution is -2.51. The number of carbonyl (C=O) groups excluding carboxylic acids is 1. The van der Waals surface area contributed by atoms with Crippen molar-refractivity contribution in [3.05, 3.63) is 35.8 Å². The molecule has 152 valence electrons. The number of hydrogen-bond acceptors (Lipinski definition) is 5. The van der Waals surface area contributed by atoms with Gasteiger partial charge in [0.05, 0.1) is 0 Å². The van der Waals surface area contributed by atoms with E-state index in [1.807, 2.05) is 6.20 Å². The highest BCUT2D eigenvalue weighted by molar-refractivity contribution is 5.66. The summed E-state index contributed by atoms with van der Waals surface area (Å²) in [6, 6.07) is 0. The Bertz CT molecular complexity index is 772. The number of fused-ring (bicyclic) bond motifs is 5. The molecule has 4 aliphatic carbocycles. The van der Waals surface area contributed by atoms with E-state index < -0.39 is 0 Å². The molecule has 5 aliphatic rings. The van der Waals surface area contributed by atoms with Crippen molar-refractivity contribution in [2.24, 2.45) is 28.6 Å². The zero-order valence-corrected chi connectivity index (χ0v) is 17.3. The summed E-state index contributed by atoms with van der Waals surface area (Å²) >= 11 is 0. The highest BCUT2D eigenvalue weighted by Gasteiger charge is 2.57. The van der Waals surface area contributed by atoms with Crippen molar-refractivity contribution >= 4 is 5.97 Å². The van der Waals surface area contributed by atoms with Gasteiger partial charge in [0, 0.05) is 36.9 Å². The van der Waals surface area contributed by atoms with Crippen LogP contribution in [0.4, 0.5) is 0 Å². The number of hydrazine groups is 2. The van der Waals surface area contributed by atoms with E-state index >= 15 is 0 Å². The molecule has 5 heteroatoms. The van der Waals surface area contributed by atoms with E-state index in [0.29, 0.717) is 0 Å². The minimum Gasteiger partial charge on any atom is -0.462 e. The molecular formula is C23H33N3O2. The molecule has 3 unspecified atom stereocenters. The Morgan fingerprint density at radius 3 is 2.71 bits per heavy atom. The minimum absolute atomic E-state index is 0.0857. The van der Waals surface area contributed by atoms with Crippen LogP contribution in [0.3, 0.4) is 0 Å². The molecule has 2 saturated carbocycles. The van der Waals surface area contributed by atoms with Crippen molar-refractivity contribution in [1.29, 1.82) is 0 Å². The highest BCUT2D eigenvalue weighted by Crippen LogP contribution is 2.65. The second-order valence-corrected chi connectivity index (χ2v) is 9.96. The third-order valence-electron chi connectivity index (χ3n) is 8.68. The number of allylic oxidation sites excluding steroid dienone is 3. The summed E-state index contributed by atoms with van der Waals surface area (Å²) in [5.74, 6) is 2.10. The van der Waals surface area contributed by atoms with Crippen LogP contribution >= 0.6 is 0 Å². The Hall–Kier alpha value is -1.75. The SMILES string of the molecule is CC(=O)O[C@H]1CC[C@@]2(C)C(=CCC3C2CC[C@]2(C)C(N4C=CNN4)=CCC32)C1. The first-order chi connectivity index (χ1) is 13.4. The van der Waals surface area contributed by atoms with Crippen molar-refractivity contribution in [2.75, 3.05) is 0 Å². The lowest BCUT2D eigenvalue weighted by Gasteiger charge is -2.58. The first kappa shape index (κ1) is 18.3. The third kappa shape index (κ3) is 2.58. The van der Waals surface area contributed by atoms with Gasteiger partial charge >= 0.3 is 5.97 Å². The number of hydrogen-bond donors (Lipinski definition) is 2. The summed E-state index contributed by atoms with van der Waals surface area (Å²) < 4.78 is 5.56. The quantitative estimate of drug-likeness (QED) is 0.554. The molecule has 28 heavy (non-hydrogen) atoms. The Balaban J connectivity index is 1.39. The van der Waals surface area contributed by atoms with Gasteiger partial charge in [0.2, 0.25) is 0 Å². The molecule has 2 N–H and O–H groups in total. The molecular weight excluding hydrogens is 350 g/mol. The van der Waals surface area contributed by atoms with Crippen LogP contribution in [-0.2, 0) is 9.53 Å². The summed E-state index contributed by atoms with van der Waals surface area (Å²) in [6.45, 7) is 6.52. The van der Waals surface area contributed by atoms with Crippen molar-refractivity contribution in [2.45, 2.75) is 71.8 Å². The number of carbonyl (C=O) groups is 1. The van der Waals surface area contributed by atoms with Gasteiger partial charge in [-0.05, 0) is 61.7 Å². The maximum Gasteiger partial charge on any atom is 0.302 e. The molecule has 1 aliphatic heterocycles. The Labute approximate surface area is 168 Å². The van der Waals surface area contributed by atoms with E-state index in [1.165, 1.54) is 38.3 Å². The van der Waals surface area contributed by atoms with Crippen LogP contribution in [0, 0.1) is 28.6 Å². The number of nitrogens with one attached hydrogen (secondary N) is 2. The number of esters is 1. The fraction of sp³-hybridized carbons (Fsp3) is 0.696. The summed E-state index contributed by atoms with van der Waals surface area (Å²) in [4.78, 5) is 11.4. The fourth-order valence-electron chi connectivity index (χ4n) is 7.28. The average molecular weight is 384 g/mol. The van der Waals surface area contributed by atoms with Gasteiger partial charge in [0.15, 0.2) is 0 Å². The van der Waals surface area contributed by atoms with E-state index in [0.717, 1.165) is 37.0 Å². The number of rotatable bonds is 2.